The van der Waals surface area contributed by atoms with E-state index in [-0.39, 0.29) is 16.5 Å². The second-order valence-corrected chi connectivity index (χ2v) is 7.45. The maximum Gasteiger partial charge on any atom is 0.322 e. The molecule has 19 heavy (non-hydrogen) atoms. The molecule has 1 N–H and O–H groups in total. The number of hydrogen-bond donors (Lipinski definition) is 1. The highest BCUT2D eigenvalue weighted by molar-refractivity contribution is 8.00. The van der Waals surface area contributed by atoms with Crippen molar-refractivity contribution in [2.75, 3.05) is 11.6 Å². The number of halogens is 1. The molecule has 8 heteroatoms. The van der Waals surface area contributed by atoms with E-state index in [9.17, 15) is 13.2 Å². The third-order valence-electron chi connectivity index (χ3n) is 2.85. The van der Waals surface area contributed by atoms with Crippen LogP contribution in [0.2, 0.25) is 5.02 Å². The minimum Gasteiger partial charge on any atom is -0.480 e. The average Bonchev–Trinajstić information content (AvgIpc) is 2.77. The van der Waals surface area contributed by atoms with E-state index in [1.54, 1.807) is 13.0 Å². The summed E-state index contributed by atoms with van der Waals surface area (Å²) in [7, 11) is -3.81. The Labute approximate surface area is 120 Å². The molecular formula is C11H12ClNO4S2. The Balaban J connectivity index is 2.45. The normalized spacial score (nSPS) is 20.6. The molecule has 0 bridgehead atoms. The molecule has 1 saturated heterocycles. The lowest BCUT2D eigenvalue weighted by Gasteiger charge is -2.21. The van der Waals surface area contributed by atoms with Crippen LogP contribution in [0.4, 0.5) is 0 Å². The summed E-state index contributed by atoms with van der Waals surface area (Å²) in [5.74, 6) is -0.706. The van der Waals surface area contributed by atoms with E-state index in [2.05, 4.69) is 0 Å². The summed E-state index contributed by atoms with van der Waals surface area (Å²) < 4.78 is 26.0. The molecule has 2 rings (SSSR count). The first-order chi connectivity index (χ1) is 8.84. The molecule has 1 aromatic carbocycles. The Morgan fingerprint density at radius 3 is 2.79 bits per heavy atom. The van der Waals surface area contributed by atoms with Gasteiger partial charge in [-0.15, -0.1) is 11.8 Å². The summed E-state index contributed by atoms with van der Waals surface area (Å²) >= 11 is 7.09. The van der Waals surface area contributed by atoms with Crippen LogP contribution in [0, 0.1) is 6.92 Å². The van der Waals surface area contributed by atoms with Crippen LogP contribution >= 0.6 is 23.4 Å². The summed E-state index contributed by atoms with van der Waals surface area (Å²) in [6, 6.07) is 3.44. The second kappa shape index (κ2) is 5.32. The van der Waals surface area contributed by atoms with Gasteiger partial charge in [0.1, 0.15) is 6.04 Å². The Kier molecular flexibility index (Phi) is 4.10. The Hall–Kier alpha value is -0.760. The zero-order valence-electron chi connectivity index (χ0n) is 10.0. The number of nitrogens with zero attached hydrogens (tertiary/aromatic N) is 1. The summed E-state index contributed by atoms with van der Waals surface area (Å²) in [5, 5.41) is 9.51. The van der Waals surface area contributed by atoms with E-state index in [1.807, 2.05) is 0 Å². The molecular weight excluding hydrogens is 310 g/mol. The minimum atomic E-state index is -3.81. The number of aryl methyl sites for hydroxylation is 1. The van der Waals surface area contributed by atoms with Crippen LogP contribution in [-0.2, 0) is 14.8 Å². The Bertz CT molecular complexity index is 617. The molecule has 1 fully saturated rings. The summed E-state index contributed by atoms with van der Waals surface area (Å²) in [5.41, 5.74) is 0.508. The van der Waals surface area contributed by atoms with E-state index in [0.29, 0.717) is 10.6 Å². The van der Waals surface area contributed by atoms with Gasteiger partial charge in [0.2, 0.25) is 10.0 Å². The third kappa shape index (κ3) is 2.74. The van der Waals surface area contributed by atoms with Crippen molar-refractivity contribution in [3.8, 4) is 0 Å². The van der Waals surface area contributed by atoms with Gasteiger partial charge in [-0.25, -0.2) is 8.42 Å². The summed E-state index contributed by atoms with van der Waals surface area (Å²) in [6.45, 7) is 1.64. The predicted octanol–water partition coefficient (Wildman–Crippen LogP) is 1.80. The molecule has 5 nitrogen and oxygen atoms in total. The predicted molar refractivity (Wildman–Crippen MR) is 74.0 cm³/mol. The van der Waals surface area contributed by atoms with Gasteiger partial charge in [0.15, 0.2) is 0 Å². The highest BCUT2D eigenvalue weighted by Gasteiger charge is 2.40. The maximum atomic E-state index is 12.5. The van der Waals surface area contributed by atoms with Crippen molar-refractivity contribution in [2.45, 2.75) is 17.9 Å². The topological polar surface area (TPSA) is 74.7 Å². The number of rotatable bonds is 3. The van der Waals surface area contributed by atoms with Crippen molar-refractivity contribution in [1.82, 2.24) is 4.31 Å². The van der Waals surface area contributed by atoms with Crippen molar-refractivity contribution in [3.05, 3.63) is 28.8 Å². The van der Waals surface area contributed by atoms with Gasteiger partial charge in [0, 0.05) is 10.8 Å². The first-order valence-electron chi connectivity index (χ1n) is 5.42. The zero-order chi connectivity index (χ0) is 14.2. The number of carboxylic acids is 1. The highest BCUT2D eigenvalue weighted by Crippen LogP contribution is 2.30. The fourth-order valence-electron chi connectivity index (χ4n) is 1.89. The van der Waals surface area contributed by atoms with Gasteiger partial charge in [-0.1, -0.05) is 11.6 Å². The smallest absolute Gasteiger partial charge is 0.322 e. The van der Waals surface area contributed by atoms with Crippen molar-refractivity contribution >= 4 is 39.4 Å². The molecule has 0 amide bonds. The summed E-state index contributed by atoms with van der Waals surface area (Å²) in [4.78, 5) is 11.2. The third-order valence-corrected chi connectivity index (χ3v) is 6.28. The van der Waals surface area contributed by atoms with Crippen LogP contribution in [0.5, 0.6) is 0 Å². The lowest BCUT2D eigenvalue weighted by atomic mass is 10.2. The second-order valence-electron chi connectivity index (χ2n) is 4.16. The standard InChI is InChI=1S/C11H12ClNO4S2/c1-7-4-8(12)2-3-10(7)19(16,17)13-6-18-5-9(13)11(14)15/h2-4,9H,5-6H2,1H3,(H,14,15)/t9-/m1/s1. The van der Waals surface area contributed by atoms with Gasteiger partial charge in [-0.05, 0) is 30.7 Å². The SMILES string of the molecule is Cc1cc(Cl)ccc1S(=O)(=O)N1CSC[C@@H]1C(=O)O. The van der Waals surface area contributed by atoms with Gasteiger partial charge in [0.05, 0.1) is 10.8 Å². The van der Waals surface area contributed by atoms with Gasteiger partial charge < -0.3 is 5.11 Å². The molecule has 0 saturated carbocycles. The van der Waals surface area contributed by atoms with Crippen LogP contribution in [0.3, 0.4) is 0 Å². The van der Waals surface area contributed by atoms with Gasteiger partial charge in [-0.2, -0.15) is 4.31 Å². The Morgan fingerprint density at radius 2 is 2.21 bits per heavy atom. The zero-order valence-corrected chi connectivity index (χ0v) is 12.4. The molecule has 0 radical (unpaired) electrons. The monoisotopic (exact) mass is 321 g/mol. The van der Waals surface area contributed by atoms with E-state index < -0.39 is 22.0 Å². The lowest BCUT2D eigenvalue weighted by molar-refractivity contribution is -0.140. The quantitative estimate of drug-likeness (QED) is 0.918. The molecule has 1 aliphatic heterocycles. The number of benzene rings is 1. The van der Waals surface area contributed by atoms with Gasteiger partial charge in [0.25, 0.3) is 0 Å². The molecule has 0 unspecified atom stereocenters. The first-order valence-corrected chi connectivity index (χ1v) is 8.40. The van der Waals surface area contributed by atoms with Gasteiger partial charge >= 0.3 is 5.97 Å². The lowest BCUT2D eigenvalue weighted by Crippen LogP contribution is -2.41. The van der Waals surface area contributed by atoms with Crippen molar-refractivity contribution < 1.29 is 18.3 Å². The van der Waals surface area contributed by atoms with Crippen LogP contribution in [0.15, 0.2) is 23.1 Å². The number of hydrogen-bond acceptors (Lipinski definition) is 4. The van der Waals surface area contributed by atoms with Crippen molar-refractivity contribution in [1.29, 1.82) is 0 Å². The number of carboxylic acid groups (broad SMARTS) is 1. The summed E-state index contributed by atoms with van der Waals surface area (Å²) in [6.07, 6.45) is 0. The molecule has 1 atom stereocenters. The average molecular weight is 322 g/mol. The van der Waals surface area contributed by atoms with Gasteiger partial charge in [-0.3, -0.25) is 4.79 Å². The first kappa shape index (κ1) is 14.6. The number of sulfonamides is 1. The van der Waals surface area contributed by atoms with Crippen LogP contribution in [-0.4, -0.2) is 41.5 Å². The molecule has 0 spiro atoms. The van der Waals surface area contributed by atoms with E-state index in [4.69, 9.17) is 16.7 Å². The van der Waals surface area contributed by atoms with E-state index >= 15 is 0 Å². The molecule has 0 aromatic heterocycles. The highest BCUT2D eigenvalue weighted by atomic mass is 35.5. The number of carbonyl (C=O) groups is 1. The fourth-order valence-corrected chi connectivity index (χ4v) is 5.46. The molecule has 104 valence electrons. The van der Waals surface area contributed by atoms with Crippen LogP contribution in [0.1, 0.15) is 5.56 Å². The maximum absolute atomic E-state index is 12.5. The fraction of sp³-hybridized carbons (Fsp3) is 0.364. The Morgan fingerprint density at radius 1 is 1.53 bits per heavy atom. The molecule has 1 aromatic rings. The van der Waals surface area contributed by atoms with Crippen molar-refractivity contribution in [3.63, 3.8) is 0 Å². The molecule has 0 aliphatic carbocycles. The molecule has 1 heterocycles. The number of aliphatic carboxylic acids is 1. The van der Waals surface area contributed by atoms with E-state index in [1.165, 1.54) is 23.9 Å². The van der Waals surface area contributed by atoms with E-state index in [0.717, 1.165) is 4.31 Å². The number of thioether (sulfide) groups is 1. The van der Waals surface area contributed by atoms with Crippen molar-refractivity contribution in [2.24, 2.45) is 0 Å². The molecule has 1 aliphatic rings. The largest absolute Gasteiger partial charge is 0.480 e. The van der Waals surface area contributed by atoms with Crippen LogP contribution < -0.4 is 0 Å². The van der Waals surface area contributed by atoms with Crippen LogP contribution in [0.25, 0.3) is 0 Å². The minimum absolute atomic E-state index is 0.102.